The first kappa shape index (κ1) is 35.2. The average molecular weight is 618 g/mol. The van der Waals surface area contributed by atoms with E-state index in [2.05, 4.69) is 88.0 Å². The molecule has 1 aliphatic rings. The highest BCUT2D eigenvalue weighted by Crippen LogP contribution is 2.30. The van der Waals surface area contributed by atoms with Gasteiger partial charge < -0.3 is 19.8 Å². The lowest BCUT2D eigenvalue weighted by Crippen LogP contribution is -2.40. The molecule has 2 aromatic heterocycles. The molecule has 3 rings (SSSR count). The summed E-state index contributed by atoms with van der Waals surface area (Å²) in [5, 5.41) is 2.70. The van der Waals surface area contributed by atoms with Crippen molar-refractivity contribution in [2.75, 3.05) is 6.61 Å². The second-order valence-corrected chi connectivity index (χ2v) is 10.7. The number of nitrogens with one attached hydrogen (secondary N) is 2. The van der Waals surface area contributed by atoms with Crippen LogP contribution in [0.15, 0.2) is 90.4 Å². The number of aromatic nitrogens is 4. The molecule has 0 bridgehead atoms. The van der Waals surface area contributed by atoms with Crippen molar-refractivity contribution in [3.8, 4) is 0 Å². The van der Waals surface area contributed by atoms with Crippen LogP contribution in [0.25, 0.3) is 11.2 Å². The van der Waals surface area contributed by atoms with Gasteiger partial charge in [-0.15, -0.1) is 0 Å². The lowest BCUT2D eigenvalue weighted by molar-refractivity contribution is -0.151. The van der Waals surface area contributed by atoms with Gasteiger partial charge in [0.1, 0.15) is 24.5 Å². The Morgan fingerprint density at radius 1 is 0.956 bits per heavy atom. The standard InChI is InChI=1S/C35H47N5O5/c1-3-4-5-6-7-8-9-10-11-12-13-14-15-16-17-18-19-20-21-22-30(41)39-28(2)35(43)44-25-29-23-24-31(45-29)40-27-38-32-33(40)36-26-37-34(32)42/h4-5,7-8,10-11,13-14,16-17,19-20,26-29,31H,3,6,9,12,15,18,21-25H2,1-2H3,(H,39,41)(H,36,37,42)/b5-4-,8-7-,11-10-,14-13-,17-16-,20-19-/t28?,29-,31+/m0/s1. The molecule has 1 amide bonds. The number of carbonyl (C=O) groups excluding carboxylic acids is 2. The van der Waals surface area contributed by atoms with Crippen molar-refractivity contribution in [3.05, 3.63) is 95.9 Å². The Bertz CT molecular complexity index is 1430. The number of rotatable bonds is 19. The van der Waals surface area contributed by atoms with Gasteiger partial charge in [0.15, 0.2) is 5.52 Å². The highest BCUT2D eigenvalue weighted by molar-refractivity contribution is 5.84. The van der Waals surface area contributed by atoms with Crippen molar-refractivity contribution in [1.82, 2.24) is 24.8 Å². The molecule has 0 aromatic carbocycles. The van der Waals surface area contributed by atoms with Crippen molar-refractivity contribution >= 4 is 23.0 Å². The van der Waals surface area contributed by atoms with Gasteiger partial charge in [-0.1, -0.05) is 79.8 Å². The summed E-state index contributed by atoms with van der Waals surface area (Å²) >= 11 is 0. The van der Waals surface area contributed by atoms with Crippen LogP contribution in [0.3, 0.4) is 0 Å². The van der Waals surface area contributed by atoms with Crippen LogP contribution >= 0.6 is 0 Å². The number of ether oxygens (including phenoxy) is 2. The summed E-state index contributed by atoms with van der Waals surface area (Å²) in [6.07, 6.45) is 36.0. The van der Waals surface area contributed by atoms with E-state index < -0.39 is 17.6 Å². The monoisotopic (exact) mass is 617 g/mol. The van der Waals surface area contributed by atoms with Crippen LogP contribution in [0.4, 0.5) is 0 Å². The highest BCUT2D eigenvalue weighted by atomic mass is 16.6. The Balaban J connectivity index is 1.20. The number of H-pyrrole nitrogens is 1. The third-order valence-corrected chi connectivity index (χ3v) is 7.05. The van der Waals surface area contributed by atoms with Gasteiger partial charge in [-0.2, -0.15) is 4.98 Å². The first-order chi connectivity index (χ1) is 22.0. The summed E-state index contributed by atoms with van der Waals surface area (Å²) in [6, 6.07) is -0.754. The number of carbonyl (C=O) groups is 2. The van der Waals surface area contributed by atoms with Gasteiger partial charge in [0.25, 0.3) is 0 Å². The zero-order valence-corrected chi connectivity index (χ0v) is 26.5. The minimum absolute atomic E-state index is 0.0821. The van der Waals surface area contributed by atoms with E-state index in [1.807, 2.05) is 12.2 Å². The molecular weight excluding hydrogens is 570 g/mol. The zero-order valence-electron chi connectivity index (χ0n) is 26.5. The molecule has 45 heavy (non-hydrogen) atoms. The molecule has 3 heterocycles. The number of imidazole rings is 1. The molecule has 1 fully saturated rings. The van der Waals surface area contributed by atoms with Crippen LogP contribution < -0.4 is 10.9 Å². The summed E-state index contributed by atoms with van der Waals surface area (Å²) in [7, 11) is 0. The number of amides is 1. The lowest BCUT2D eigenvalue weighted by Gasteiger charge is -2.17. The number of aromatic amines is 1. The zero-order chi connectivity index (χ0) is 32.1. The van der Waals surface area contributed by atoms with Crippen LogP contribution in [0, 0.1) is 0 Å². The summed E-state index contributed by atoms with van der Waals surface area (Å²) < 4.78 is 13.2. The Hall–Kier alpha value is -4.31. The number of hydrogen-bond acceptors (Lipinski definition) is 7. The molecule has 0 aliphatic carbocycles. The van der Waals surface area contributed by atoms with Crippen LogP contribution in [0.1, 0.15) is 84.3 Å². The topological polar surface area (TPSA) is 128 Å². The van der Waals surface area contributed by atoms with E-state index in [0.717, 1.165) is 38.5 Å². The first-order valence-electron chi connectivity index (χ1n) is 15.9. The van der Waals surface area contributed by atoms with Crippen LogP contribution in [0.5, 0.6) is 0 Å². The molecule has 1 unspecified atom stereocenters. The maximum absolute atomic E-state index is 12.4. The molecule has 242 valence electrons. The summed E-state index contributed by atoms with van der Waals surface area (Å²) in [5.74, 6) is -0.709. The van der Waals surface area contributed by atoms with Gasteiger partial charge in [-0.05, 0) is 64.7 Å². The van der Waals surface area contributed by atoms with Gasteiger partial charge in [-0.25, -0.2) is 9.78 Å². The van der Waals surface area contributed by atoms with Gasteiger partial charge in [-0.3, -0.25) is 14.2 Å². The van der Waals surface area contributed by atoms with Crippen molar-refractivity contribution in [2.45, 2.75) is 96.4 Å². The maximum atomic E-state index is 12.4. The molecule has 0 saturated carbocycles. The molecule has 2 N–H and O–H groups in total. The quantitative estimate of drug-likeness (QED) is 0.139. The van der Waals surface area contributed by atoms with Crippen molar-refractivity contribution in [3.63, 3.8) is 0 Å². The SMILES string of the molecule is CC/C=C\C/C=C\C/C=C\C/C=C\C/C=C\C/C=C\CCC(=O)NC(C)C(=O)OC[C@@H]1CC[C@H](n2cnc3c(=O)nc[nH]c32)O1. The molecule has 0 spiro atoms. The van der Waals surface area contributed by atoms with Crippen molar-refractivity contribution < 1.29 is 19.1 Å². The number of nitrogens with zero attached hydrogens (tertiary/aromatic N) is 3. The first-order valence-corrected chi connectivity index (χ1v) is 15.9. The van der Waals surface area contributed by atoms with Crippen molar-refractivity contribution in [2.24, 2.45) is 0 Å². The van der Waals surface area contributed by atoms with Crippen LogP contribution in [-0.2, 0) is 19.1 Å². The number of esters is 1. The fourth-order valence-electron chi connectivity index (χ4n) is 4.63. The molecule has 1 aliphatic heterocycles. The van der Waals surface area contributed by atoms with E-state index in [0.29, 0.717) is 31.3 Å². The Labute approximate surface area is 265 Å². The van der Waals surface area contributed by atoms with Gasteiger partial charge in [0, 0.05) is 6.42 Å². The third kappa shape index (κ3) is 13.1. The predicted molar refractivity (Wildman–Crippen MR) is 177 cm³/mol. The number of allylic oxidation sites excluding steroid dienone is 12. The average Bonchev–Trinajstić information content (AvgIpc) is 3.69. The van der Waals surface area contributed by atoms with E-state index in [1.54, 1.807) is 17.8 Å². The smallest absolute Gasteiger partial charge is 0.328 e. The Morgan fingerprint density at radius 3 is 2.18 bits per heavy atom. The lowest BCUT2D eigenvalue weighted by atomic mass is 10.2. The highest BCUT2D eigenvalue weighted by Gasteiger charge is 2.29. The van der Waals surface area contributed by atoms with E-state index in [1.165, 1.54) is 6.33 Å². The fourth-order valence-corrected chi connectivity index (χ4v) is 4.63. The summed E-state index contributed by atoms with van der Waals surface area (Å²) in [6.45, 7) is 3.83. The normalized spacial score (nSPS) is 18.2. The largest absolute Gasteiger partial charge is 0.461 e. The van der Waals surface area contributed by atoms with Gasteiger partial charge in [0.05, 0.1) is 18.8 Å². The minimum atomic E-state index is -0.754. The van der Waals surface area contributed by atoms with Crippen LogP contribution in [0.2, 0.25) is 0 Å². The van der Waals surface area contributed by atoms with E-state index in [-0.39, 0.29) is 30.4 Å². The fraction of sp³-hybridized carbons (Fsp3) is 0.457. The van der Waals surface area contributed by atoms with Gasteiger partial charge >= 0.3 is 11.5 Å². The Kier molecular flexibility index (Phi) is 16.1. The summed E-state index contributed by atoms with van der Waals surface area (Å²) in [5.41, 5.74) is 0.388. The molecule has 10 nitrogen and oxygen atoms in total. The molecule has 2 aromatic rings. The van der Waals surface area contributed by atoms with Crippen molar-refractivity contribution in [1.29, 1.82) is 0 Å². The third-order valence-electron chi connectivity index (χ3n) is 7.05. The predicted octanol–water partition coefficient (Wildman–Crippen LogP) is 6.32. The second-order valence-electron chi connectivity index (χ2n) is 10.7. The molecule has 0 radical (unpaired) electrons. The van der Waals surface area contributed by atoms with E-state index in [4.69, 9.17) is 9.47 Å². The van der Waals surface area contributed by atoms with Gasteiger partial charge in [0.2, 0.25) is 5.91 Å². The molecular formula is C35H47N5O5. The van der Waals surface area contributed by atoms with E-state index in [9.17, 15) is 14.4 Å². The Morgan fingerprint density at radius 2 is 1.56 bits per heavy atom. The molecule has 3 atom stereocenters. The number of hydrogen-bond donors (Lipinski definition) is 2. The number of fused-ring (bicyclic) bond motifs is 1. The summed E-state index contributed by atoms with van der Waals surface area (Å²) in [4.78, 5) is 47.3. The minimum Gasteiger partial charge on any atom is -0.461 e. The van der Waals surface area contributed by atoms with E-state index >= 15 is 0 Å². The molecule has 1 saturated heterocycles. The molecule has 10 heteroatoms. The van der Waals surface area contributed by atoms with Crippen LogP contribution in [-0.4, -0.2) is 50.1 Å². The maximum Gasteiger partial charge on any atom is 0.328 e. The second kappa shape index (κ2) is 20.6.